The molecule has 2 atom stereocenters. The largest absolute Gasteiger partial charge is 0.494 e. The van der Waals surface area contributed by atoms with Crippen LogP contribution in [0.2, 0.25) is 0 Å². The van der Waals surface area contributed by atoms with Crippen LogP contribution in [0.3, 0.4) is 0 Å². The van der Waals surface area contributed by atoms with Crippen LogP contribution in [0, 0.1) is 0 Å². The molecule has 0 bridgehead atoms. The number of esters is 1. The monoisotopic (exact) mass is 360 g/mol. The first kappa shape index (κ1) is 18.3. The number of carbonyl (C=O) groups is 2. The van der Waals surface area contributed by atoms with Crippen LogP contribution in [0.25, 0.3) is 0 Å². The molecule has 1 aromatic carbocycles. The molecular formula is C19H24N2O5. The minimum atomic E-state index is -0.636. The molecule has 3 rings (SSSR count). The maximum Gasteiger partial charge on any atom is 0.338 e. The average Bonchev–Trinajstić information content (AvgIpc) is 3.13. The normalized spacial score (nSPS) is 22.6. The zero-order valence-corrected chi connectivity index (χ0v) is 15.0. The van der Waals surface area contributed by atoms with Crippen LogP contribution < -0.4 is 15.4 Å². The highest BCUT2D eigenvalue weighted by Gasteiger charge is 2.34. The van der Waals surface area contributed by atoms with Gasteiger partial charge in [0.15, 0.2) is 0 Å². The molecule has 2 heterocycles. The summed E-state index contributed by atoms with van der Waals surface area (Å²) >= 11 is 0. The molecule has 7 heteroatoms. The van der Waals surface area contributed by atoms with E-state index < -0.39 is 12.0 Å². The number of hydrogen-bond acceptors (Lipinski definition) is 5. The van der Waals surface area contributed by atoms with E-state index in [4.69, 9.17) is 14.2 Å². The number of urea groups is 1. The van der Waals surface area contributed by atoms with E-state index in [0.717, 1.165) is 12.8 Å². The van der Waals surface area contributed by atoms with E-state index in [1.54, 1.807) is 6.92 Å². The molecule has 140 valence electrons. The minimum Gasteiger partial charge on any atom is -0.494 e. The lowest BCUT2D eigenvalue weighted by Crippen LogP contribution is -2.45. The quantitative estimate of drug-likeness (QED) is 0.761. The third-order valence-corrected chi connectivity index (χ3v) is 4.44. The molecule has 0 radical (unpaired) electrons. The van der Waals surface area contributed by atoms with E-state index in [1.807, 2.05) is 31.2 Å². The Labute approximate surface area is 152 Å². The van der Waals surface area contributed by atoms with Crippen molar-refractivity contribution >= 4 is 12.0 Å². The van der Waals surface area contributed by atoms with Crippen LogP contribution in [-0.4, -0.2) is 37.9 Å². The van der Waals surface area contributed by atoms with Crippen molar-refractivity contribution in [1.82, 2.24) is 10.6 Å². The second-order valence-corrected chi connectivity index (χ2v) is 6.27. The van der Waals surface area contributed by atoms with E-state index in [1.165, 1.54) is 0 Å². The number of hydrogen-bond donors (Lipinski definition) is 2. The fourth-order valence-electron chi connectivity index (χ4n) is 3.23. The molecule has 7 nitrogen and oxygen atoms in total. The first-order valence-electron chi connectivity index (χ1n) is 8.89. The Hall–Kier alpha value is -2.54. The van der Waals surface area contributed by atoms with Gasteiger partial charge in [-0.2, -0.15) is 0 Å². The van der Waals surface area contributed by atoms with Gasteiger partial charge < -0.3 is 24.8 Å². The van der Waals surface area contributed by atoms with Gasteiger partial charge in [-0.05, 0) is 32.8 Å². The molecule has 26 heavy (non-hydrogen) atoms. The fourth-order valence-corrected chi connectivity index (χ4v) is 3.23. The van der Waals surface area contributed by atoms with Crippen LogP contribution in [-0.2, 0) is 14.3 Å². The van der Waals surface area contributed by atoms with Gasteiger partial charge in [0, 0.05) is 17.9 Å². The highest BCUT2D eigenvalue weighted by molar-refractivity contribution is 5.95. The van der Waals surface area contributed by atoms with Gasteiger partial charge in [-0.15, -0.1) is 0 Å². The zero-order chi connectivity index (χ0) is 18.5. The number of ether oxygens (including phenoxy) is 3. The topological polar surface area (TPSA) is 85.9 Å². The van der Waals surface area contributed by atoms with Crippen molar-refractivity contribution in [1.29, 1.82) is 0 Å². The molecule has 0 aliphatic carbocycles. The fraction of sp³-hybridized carbons (Fsp3) is 0.474. The molecule has 2 aliphatic rings. The van der Waals surface area contributed by atoms with Gasteiger partial charge in [0.2, 0.25) is 0 Å². The predicted molar refractivity (Wildman–Crippen MR) is 94.7 cm³/mol. The molecule has 2 aliphatic heterocycles. The average molecular weight is 360 g/mol. The Morgan fingerprint density at radius 1 is 1.35 bits per heavy atom. The lowest BCUT2D eigenvalue weighted by Gasteiger charge is -2.29. The van der Waals surface area contributed by atoms with Crippen molar-refractivity contribution in [2.75, 3.05) is 19.8 Å². The Bertz CT molecular complexity index is 710. The van der Waals surface area contributed by atoms with Crippen LogP contribution >= 0.6 is 0 Å². The number of nitrogens with one attached hydrogen (secondary N) is 2. The molecule has 1 fully saturated rings. The second kappa shape index (κ2) is 8.23. The lowest BCUT2D eigenvalue weighted by molar-refractivity contribution is -0.142. The van der Waals surface area contributed by atoms with Crippen LogP contribution in [0.5, 0.6) is 5.75 Å². The first-order valence-corrected chi connectivity index (χ1v) is 8.89. The summed E-state index contributed by atoms with van der Waals surface area (Å²) in [7, 11) is 0. The smallest absolute Gasteiger partial charge is 0.338 e. The summed E-state index contributed by atoms with van der Waals surface area (Å²) in [6.07, 6.45) is 1.81. The molecule has 0 spiro atoms. The molecule has 0 saturated carbocycles. The van der Waals surface area contributed by atoms with Crippen LogP contribution in [0.1, 0.15) is 38.3 Å². The summed E-state index contributed by atoms with van der Waals surface area (Å²) in [5, 5.41) is 5.45. The third kappa shape index (κ3) is 3.99. The molecular weight excluding hydrogens is 336 g/mol. The summed E-state index contributed by atoms with van der Waals surface area (Å²) in [6, 6.07) is 6.35. The SMILES string of the molecule is CCOc1ccccc1C1NC(=O)NC(C)=C1C(=O)OCC1CCCO1. The van der Waals surface area contributed by atoms with Crippen molar-refractivity contribution < 1.29 is 23.8 Å². The van der Waals surface area contributed by atoms with Crippen LogP contribution in [0.15, 0.2) is 35.5 Å². The lowest BCUT2D eigenvalue weighted by atomic mass is 9.95. The zero-order valence-electron chi connectivity index (χ0n) is 15.0. The molecule has 2 N–H and O–H groups in total. The molecule has 2 unspecified atom stereocenters. The molecule has 1 saturated heterocycles. The molecule has 0 aromatic heterocycles. The van der Waals surface area contributed by atoms with E-state index in [-0.39, 0.29) is 18.7 Å². The Balaban J connectivity index is 1.85. The van der Waals surface area contributed by atoms with Gasteiger partial charge in [-0.25, -0.2) is 9.59 Å². The molecule has 2 amide bonds. The van der Waals surface area contributed by atoms with Crippen molar-refractivity contribution in [2.24, 2.45) is 0 Å². The van der Waals surface area contributed by atoms with Gasteiger partial charge >= 0.3 is 12.0 Å². The summed E-state index contributed by atoms with van der Waals surface area (Å²) in [5.74, 6) is 0.154. The summed E-state index contributed by atoms with van der Waals surface area (Å²) in [6.45, 7) is 4.97. The standard InChI is InChI=1S/C19H24N2O5/c1-3-24-15-9-5-4-8-14(15)17-16(12(2)20-19(23)21-17)18(22)26-11-13-7-6-10-25-13/h4-5,8-9,13,17H,3,6-7,10-11H2,1-2H3,(H2,20,21,23). The summed E-state index contributed by atoms with van der Waals surface area (Å²) in [4.78, 5) is 24.7. The summed E-state index contributed by atoms with van der Waals surface area (Å²) in [5.41, 5.74) is 1.56. The minimum absolute atomic E-state index is 0.0554. The third-order valence-electron chi connectivity index (χ3n) is 4.44. The predicted octanol–water partition coefficient (Wildman–Crippen LogP) is 2.44. The van der Waals surface area contributed by atoms with E-state index in [9.17, 15) is 9.59 Å². The van der Waals surface area contributed by atoms with E-state index in [0.29, 0.717) is 35.8 Å². The van der Waals surface area contributed by atoms with Crippen LogP contribution in [0.4, 0.5) is 4.79 Å². The van der Waals surface area contributed by atoms with Crippen molar-refractivity contribution in [3.05, 3.63) is 41.1 Å². The number of benzene rings is 1. The number of para-hydroxylation sites is 1. The summed E-state index contributed by atoms with van der Waals surface area (Å²) < 4.78 is 16.6. The van der Waals surface area contributed by atoms with Crippen molar-refractivity contribution in [3.63, 3.8) is 0 Å². The maximum absolute atomic E-state index is 12.8. The number of rotatable bonds is 6. The first-order chi connectivity index (χ1) is 12.6. The van der Waals surface area contributed by atoms with Gasteiger partial charge in [0.25, 0.3) is 0 Å². The van der Waals surface area contributed by atoms with Crippen molar-refractivity contribution in [3.8, 4) is 5.75 Å². The number of amides is 2. The Kier molecular flexibility index (Phi) is 5.78. The van der Waals surface area contributed by atoms with Gasteiger partial charge in [-0.1, -0.05) is 18.2 Å². The Morgan fingerprint density at radius 2 is 2.15 bits per heavy atom. The number of carbonyl (C=O) groups excluding carboxylic acids is 2. The van der Waals surface area contributed by atoms with Gasteiger partial charge in [0.05, 0.1) is 24.3 Å². The highest BCUT2D eigenvalue weighted by atomic mass is 16.6. The maximum atomic E-state index is 12.8. The van der Waals surface area contributed by atoms with Gasteiger partial charge in [0.1, 0.15) is 12.4 Å². The highest BCUT2D eigenvalue weighted by Crippen LogP contribution is 2.33. The van der Waals surface area contributed by atoms with Gasteiger partial charge in [-0.3, -0.25) is 0 Å². The van der Waals surface area contributed by atoms with E-state index >= 15 is 0 Å². The number of allylic oxidation sites excluding steroid dienone is 1. The van der Waals surface area contributed by atoms with E-state index in [2.05, 4.69) is 10.6 Å². The van der Waals surface area contributed by atoms with Crippen molar-refractivity contribution in [2.45, 2.75) is 38.8 Å². The second-order valence-electron chi connectivity index (χ2n) is 6.27. The molecule has 1 aromatic rings. The Morgan fingerprint density at radius 3 is 2.88 bits per heavy atom.